The summed E-state index contributed by atoms with van der Waals surface area (Å²) in [5.74, 6) is -1.01. The Bertz CT molecular complexity index is 337. The predicted octanol–water partition coefficient (Wildman–Crippen LogP) is 0.724. The first-order valence-corrected chi connectivity index (χ1v) is 3.64. The summed E-state index contributed by atoms with van der Waals surface area (Å²) in [4.78, 5) is 20.3. The Kier molecular flexibility index (Phi) is 2.61. The standard InChI is InChI=1S/C7H7N3O4/c1-8-4-2-6(3-5-8)7(9(11)12)10(13)14/h2-5H,1H3. The van der Waals surface area contributed by atoms with Crippen LogP contribution >= 0.6 is 0 Å². The molecule has 0 N–H and O–H groups in total. The molecule has 0 saturated carbocycles. The minimum Gasteiger partial charge on any atom is -0.357 e. The third-order valence-corrected chi connectivity index (χ3v) is 1.58. The molecule has 0 aromatic rings. The van der Waals surface area contributed by atoms with Crippen LogP contribution in [0.15, 0.2) is 35.9 Å². The van der Waals surface area contributed by atoms with Crippen LogP contribution in [0.5, 0.6) is 0 Å². The van der Waals surface area contributed by atoms with Crippen LogP contribution in [0.2, 0.25) is 0 Å². The van der Waals surface area contributed by atoms with Gasteiger partial charge in [-0.15, -0.1) is 0 Å². The fourth-order valence-electron chi connectivity index (χ4n) is 0.928. The number of rotatable bonds is 2. The Labute approximate surface area is 78.9 Å². The van der Waals surface area contributed by atoms with E-state index in [-0.39, 0.29) is 5.57 Å². The van der Waals surface area contributed by atoms with Crippen LogP contribution in [-0.2, 0) is 0 Å². The van der Waals surface area contributed by atoms with Crippen molar-refractivity contribution in [3.05, 3.63) is 56.2 Å². The van der Waals surface area contributed by atoms with Crippen molar-refractivity contribution < 1.29 is 9.85 Å². The van der Waals surface area contributed by atoms with Crippen LogP contribution in [0.3, 0.4) is 0 Å². The molecule has 1 aliphatic heterocycles. The molecule has 0 amide bonds. The second-order valence-corrected chi connectivity index (χ2v) is 2.59. The van der Waals surface area contributed by atoms with E-state index >= 15 is 0 Å². The Morgan fingerprint density at radius 3 is 2.00 bits per heavy atom. The second kappa shape index (κ2) is 3.69. The maximum atomic E-state index is 10.3. The highest BCUT2D eigenvalue weighted by Crippen LogP contribution is 2.13. The summed E-state index contributed by atoms with van der Waals surface area (Å²) in [5.41, 5.74) is -0.0156. The van der Waals surface area contributed by atoms with E-state index in [9.17, 15) is 20.2 Å². The number of nitrogens with zero attached hydrogens (tertiary/aromatic N) is 3. The van der Waals surface area contributed by atoms with Crippen molar-refractivity contribution in [2.75, 3.05) is 7.05 Å². The fourth-order valence-corrected chi connectivity index (χ4v) is 0.928. The first-order valence-electron chi connectivity index (χ1n) is 3.64. The molecule has 0 spiro atoms. The quantitative estimate of drug-likeness (QED) is 0.480. The summed E-state index contributed by atoms with van der Waals surface area (Å²) >= 11 is 0. The molecule has 74 valence electrons. The molecule has 0 radical (unpaired) electrons. The average Bonchev–Trinajstić information content (AvgIpc) is 2.07. The van der Waals surface area contributed by atoms with E-state index in [1.54, 1.807) is 11.9 Å². The monoisotopic (exact) mass is 197 g/mol. The van der Waals surface area contributed by atoms with Gasteiger partial charge >= 0.3 is 5.82 Å². The van der Waals surface area contributed by atoms with E-state index in [0.717, 1.165) is 0 Å². The minimum atomic E-state index is -1.01. The molecule has 7 heteroatoms. The SMILES string of the molecule is CN1C=CC(=C([N+](=O)[O-])[N+](=O)[O-])C=C1. The normalized spacial score (nSPS) is 14.4. The highest BCUT2D eigenvalue weighted by Gasteiger charge is 2.29. The highest BCUT2D eigenvalue weighted by molar-refractivity contribution is 5.33. The summed E-state index contributed by atoms with van der Waals surface area (Å²) in [6.07, 6.45) is 5.65. The van der Waals surface area contributed by atoms with Crippen molar-refractivity contribution >= 4 is 0 Å². The molecule has 0 atom stereocenters. The zero-order valence-electron chi connectivity index (χ0n) is 7.28. The van der Waals surface area contributed by atoms with Gasteiger partial charge in [0.05, 0.1) is 0 Å². The molecule has 0 aromatic carbocycles. The molecule has 1 rings (SSSR count). The first kappa shape index (κ1) is 9.90. The Balaban J connectivity index is 3.14. The van der Waals surface area contributed by atoms with Crippen molar-refractivity contribution in [2.45, 2.75) is 0 Å². The Hall–Kier alpha value is -2.18. The smallest absolute Gasteiger partial charge is 0.357 e. The van der Waals surface area contributed by atoms with Crippen LogP contribution < -0.4 is 0 Å². The summed E-state index contributed by atoms with van der Waals surface area (Å²) in [5, 5.41) is 20.7. The molecule has 1 aliphatic rings. The summed E-state index contributed by atoms with van der Waals surface area (Å²) in [6, 6.07) is 0. The van der Waals surface area contributed by atoms with Gasteiger partial charge in [0.2, 0.25) is 0 Å². The van der Waals surface area contributed by atoms with E-state index < -0.39 is 15.7 Å². The summed E-state index contributed by atoms with van der Waals surface area (Å²) < 4.78 is 0. The average molecular weight is 197 g/mol. The zero-order chi connectivity index (χ0) is 10.7. The largest absolute Gasteiger partial charge is 0.566 e. The van der Waals surface area contributed by atoms with Crippen molar-refractivity contribution in [3.8, 4) is 0 Å². The van der Waals surface area contributed by atoms with E-state index in [2.05, 4.69) is 0 Å². The van der Waals surface area contributed by atoms with E-state index in [4.69, 9.17) is 0 Å². The fraction of sp³-hybridized carbons (Fsp3) is 0.143. The first-order chi connectivity index (χ1) is 6.52. The van der Waals surface area contributed by atoms with Crippen molar-refractivity contribution in [1.82, 2.24) is 4.90 Å². The molecular formula is C7H7N3O4. The van der Waals surface area contributed by atoms with Gasteiger partial charge in [-0.05, 0) is 12.2 Å². The number of hydrogen-bond acceptors (Lipinski definition) is 5. The van der Waals surface area contributed by atoms with Gasteiger partial charge in [0.1, 0.15) is 15.4 Å². The topological polar surface area (TPSA) is 89.5 Å². The van der Waals surface area contributed by atoms with Gasteiger partial charge in [-0.25, -0.2) is 0 Å². The van der Waals surface area contributed by atoms with Crippen LogP contribution in [0.1, 0.15) is 0 Å². The van der Waals surface area contributed by atoms with Crippen molar-refractivity contribution in [2.24, 2.45) is 0 Å². The van der Waals surface area contributed by atoms with Crippen LogP contribution in [0.4, 0.5) is 0 Å². The van der Waals surface area contributed by atoms with Gasteiger partial charge in [-0.1, -0.05) is 0 Å². The maximum absolute atomic E-state index is 10.3. The molecule has 0 unspecified atom stereocenters. The third-order valence-electron chi connectivity index (χ3n) is 1.58. The highest BCUT2D eigenvalue weighted by atomic mass is 16.7. The van der Waals surface area contributed by atoms with Crippen molar-refractivity contribution in [1.29, 1.82) is 0 Å². The summed E-state index contributed by atoms with van der Waals surface area (Å²) in [7, 11) is 1.71. The maximum Gasteiger partial charge on any atom is 0.566 e. The third kappa shape index (κ3) is 1.94. The van der Waals surface area contributed by atoms with Gasteiger partial charge in [0.15, 0.2) is 0 Å². The molecule has 0 aromatic heterocycles. The molecule has 0 aliphatic carbocycles. The number of hydrogen-bond donors (Lipinski definition) is 0. The molecule has 1 heterocycles. The lowest BCUT2D eigenvalue weighted by Gasteiger charge is -2.09. The predicted molar refractivity (Wildman–Crippen MR) is 47.1 cm³/mol. The Morgan fingerprint density at radius 2 is 1.64 bits per heavy atom. The molecule has 14 heavy (non-hydrogen) atoms. The van der Waals surface area contributed by atoms with Crippen LogP contribution in [-0.4, -0.2) is 21.8 Å². The minimum absolute atomic E-state index is 0.0156. The van der Waals surface area contributed by atoms with Gasteiger partial charge < -0.3 is 4.90 Å². The number of nitro groups is 2. The van der Waals surface area contributed by atoms with E-state index in [1.807, 2.05) is 0 Å². The zero-order valence-corrected chi connectivity index (χ0v) is 7.28. The lowest BCUT2D eigenvalue weighted by atomic mass is 10.2. The van der Waals surface area contributed by atoms with Crippen molar-refractivity contribution in [3.63, 3.8) is 0 Å². The molecular weight excluding hydrogens is 190 g/mol. The van der Waals surface area contributed by atoms with Gasteiger partial charge in [-0.3, -0.25) is 20.2 Å². The number of allylic oxidation sites excluding steroid dienone is 3. The van der Waals surface area contributed by atoms with Crippen LogP contribution in [0, 0.1) is 20.2 Å². The molecule has 0 saturated heterocycles. The molecule has 0 bridgehead atoms. The van der Waals surface area contributed by atoms with E-state index in [0.29, 0.717) is 0 Å². The lowest BCUT2D eigenvalue weighted by molar-refractivity contribution is -0.616. The van der Waals surface area contributed by atoms with Gasteiger partial charge in [0.25, 0.3) is 0 Å². The van der Waals surface area contributed by atoms with E-state index in [1.165, 1.54) is 24.6 Å². The molecule has 0 fully saturated rings. The van der Waals surface area contributed by atoms with Gasteiger partial charge in [0, 0.05) is 19.4 Å². The molecule has 7 nitrogen and oxygen atoms in total. The second-order valence-electron chi connectivity index (χ2n) is 2.59. The summed E-state index contributed by atoms with van der Waals surface area (Å²) in [6.45, 7) is 0. The van der Waals surface area contributed by atoms with Gasteiger partial charge in [-0.2, -0.15) is 0 Å². The lowest BCUT2D eigenvalue weighted by Crippen LogP contribution is -2.13. The Morgan fingerprint density at radius 1 is 1.21 bits per heavy atom. The van der Waals surface area contributed by atoms with Crippen LogP contribution in [0.25, 0.3) is 0 Å².